The molecule has 2 atom stereocenters. The van der Waals surface area contributed by atoms with Crippen LogP contribution in [0.4, 0.5) is 0 Å². The lowest BCUT2D eigenvalue weighted by Gasteiger charge is -2.30. The predicted octanol–water partition coefficient (Wildman–Crippen LogP) is 2.43. The monoisotopic (exact) mass is 291 g/mol. The van der Waals surface area contributed by atoms with Crippen molar-refractivity contribution in [3.63, 3.8) is 0 Å². The number of carbonyl (C=O) groups excluding carboxylic acids is 1. The SMILES string of the molecule is CC[C@@H](NC(C)=O)[C@](C)(O)/C=C/COCc1ccccc1. The number of nitrogens with one attached hydrogen (secondary N) is 1. The van der Waals surface area contributed by atoms with Gasteiger partial charge in [-0.05, 0) is 18.9 Å². The van der Waals surface area contributed by atoms with Gasteiger partial charge < -0.3 is 15.2 Å². The molecule has 0 heterocycles. The van der Waals surface area contributed by atoms with Crippen LogP contribution in [0, 0.1) is 0 Å². The van der Waals surface area contributed by atoms with Crippen LogP contribution in [-0.4, -0.2) is 29.3 Å². The molecule has 0 spiro atoms. The van der Waals surface area contributed by atoms with Gasteiger partial charge in [0.05, 0.1) is 19.3 Å². The maximum Gasteiger partial charge on any atom is 0.217 e. The van der Waals surface area contributed by atoms with Crippen LogP contribution in [0.1, 0.15) is 32.8 Å². The Bertz CT molecular complexity index is 454. The fraction of sp³-hybridized carbons (Fsp3) is 0.471. The normalized spacial score (nSPS) is 15.6. The topological polar surface area (TPSA) is 58.6 Å². The number of hydrogen-bond acceptors (Lipinski definition) is 3. The molecule has 1 aromatic carbocycles. The van der Waals surface area contributed by atoms with Crippen LogP contribution < -0.4 is 5.32 Å². The van der Waals surface area contributed by atoms with Crippen molar-refractivity contribution >= 4 is 5.91 Å². The third-order valence-electron chi connectivity index (χ3n) is 3.27. The van der Waals surface area contributed by atoms with E-state index in [2.05, 4.69) is 5.32 Å². The van der Waals surface area contributed by atoms with E-state index >= 15 is 0 Å². The summed E-state index contributed by atoms with van der Waals surface area (Å²) < 4.78 is 5.52. The predicted molar refractivity (Wildman–Crippen MR) is 83.8 cm³/mol. The number of amides is 1. The van der Waals surface area contributed by atoms with Crippen LogP contribution in [-0.2, 0) is 16.1 Å². The van der Waals surface area contributed by atoms with E-state index in [-0.39, 0.29) is 11.9 Å². The van der Waals surface area contributed by atoms with Gasteiger partial charge in [-0.15, -0.1) is 0 Å². The lowest BCUT2D eigenvalue weighted by molar-refractivity contribution is -0.121. The molecule has 0 fully saturated rings. The fourth-order valence-corrected chi connectivity index (χ4v) is 2.13. The van der Waals surface area contributed by atoms with Crippen molar-refractivity contribution in [3.05, 3.63) is 48.0 Å². The Morgan fingerprint density at radius 2 is 2.10 bits per heavy atom. The van der Waals surface area contributed by atoms with E-state index in [0.29, 0.717) is 19.6 Å². The van der Waals surface area contributed by atoms with E-state index in [1.54, 1.807) is 19.1 Å². The van der Waals surface area contributed by atoms with Gasteiger partial charge in [-0.25, -0.2) is 0 Å². The molecule has 116 valence electrons. The van der Waals surface area contributed by atoms with Crippen LogP contribution in [0.15, 0.2) is 42.5 Å². The summed E-state index contributed by atoms with van der Waals surface area (Å²) in [5.74, 6) is -0.143. The van der Waals surface area contributed by atoms with Gasteiger partial charge in [-0.3, -0.25) is 4.79 Å². The summed E-state index contributed by atoms with van der Waals surface area (Å²) in [6.45, 7) is 6.02. The quantitative estimate of drug-likeness (QED) is 0.571. The first-order valence-electron chi connectivity index (χ1n) is 7.24. The van der Waals surface area contributed by atoms with Crippen LogP contribution in [0.3, 0.4) is 0 Å². The number of aliphatic hydroxyl groups is 1. The van der Waals surface area contributed by atoms with Gasteiger partial charge >= 0.3 is 0 Å². The highest BCUT2D eigenvalue weighted by Gasteiger charge is 2.28. The molecule has 0 aromatic heterocycles. The van der Waals surface area contributed by atoms with Crippen molar-refractivity contribution in [3.8, 4) is 0 Å². The van der Waals surface area contributed by atoms with Crippen LogP contribution in [0.25, 0.3) is 0 Å². The third-order valence-corrected chi connectivity index (χ3v) is 3.27. The van der Waals surface area contributed by atoms with E-state index in [1.807, 2.05) is 37.3 Å². The van der Waals surface area contributed by atoms with Gasteiger partial charge in [-0.2, -0.15) is 0 Å². The molecule has 0 aliphatic heterocycles. The maximum atomic E-state index is 11.1. The highest BCUT2D eigenvalue weighted by Crippen LogP contribution is 2.15. The van der Waals surface area contributed by atoms with Crippen LogP contribution in [0.2, 0.25) is 0 Å². The van der Waals surface area contributed by atoms with Gasteiger partial charge in [0.2, 0.25) is 5.91 Å². The first kappa shape index (κ1) is 17.4. The molecule has 1 amide bonds. The Morgan fingerprint density at radius 3 is 2.67 bits per heavy atom. The van der Waals surface area contributed by atoms with Gasteiger partial charge in [-0.1, -0.05) is 49.4 Å². The largest absolute Gasteiger partial charge is 0.384 e. The Hall–Kier alpha value is -1.65. The molecule has 1 rings (SSSR count). The van der Waals surface area contributed by atoms with Crippen molar-refractivity contribution in [1.29, 1.82) is 0 Å². The number of hydrogen-bond donors (Lipinski definition) is 2. The molecule has 2 N–H and O–H groups in total. The van der Waals surface area contributed by atoms with E-state index in [4.69, 9.17) is 4.74 Å². The molecule has 0 aliphatic rings. The zero-order valence-electron chi connectivity index (χ0n) is 13.0. The second-order valence-corrected chi connectivity index (χ2v) is 5.29. The van der Waals surface area contributed by atoms with Crippen molar-refractivity contribution < 1.29 is 14.6 Å². The minimum Gasteiger partial charge on any atom is -0.384 e. The molecule has 21 heavy (non-hydrogen) atoms. The first-order valence-corrected chi connectivity index (χ1v) is 7.24. The molecule has 4 nitrogen and oxygen atoms in total. The van der Waals surface area contributed by atoms with Crippen molar-refractivity contribution in [1.82, 2.24) is 5.32 Å². The molecule has 0 radical (unpaired) electrons. The Kier molecular flexibility index (Phi) is 7.12. The highest BCUT2D eigenvalue weighted by molar-refractivity contribution is 5.73. The van der Waals surface area contributed by atoms with Crippen molar-refractivity contribution in [2.45, 2.75) is 45.4 Å². The Balaban J connectivity index is 2.41. The van der Waals surface area contributed by atoms with Gasteiger partial charge in [0.15, 0.2) is 0 Å². The molecule has 0 aliphatic carbocycles. The van der Waals surface area contributed by atoms with E-state index in [9.17, 15) is 9.90 Å². The summed E-state index contributed by atoms with van der Waals surface area (Å²) in [7, 11) is 0. The second-order valence-electron chi connectivity index (χ2n) is 5.29. The fourth-order valence-electron chi connectivity index (χ4n) is 2.13. The molecule has 0 saturated heterocycles. The summed E-state index contributed by atoms with van der Waals surface area (Å²) in [6, 6.07) is 9.61. The summed E-state index contributed by atoms with van der Waals surface area (Å²) in [6.07, 6.45) is 4.12. The molecular formula is C17H25NO3. The lowest BCUT2D eigenvalue weighted by atomic mass is 9.93. The summed E-state index contributed by atoms with van der Waals surface area (Å²) in [5.41, 5.74) is 0.0265. The number of benzene rings is 1. The maximum absolute atomic E-state index is 11.1. The van der Waals surface area contributed by atoms with E-state index in [0.717, 1.165) is 5.56 Å². The summed E-state index contributed by atoms with van der Waals surface area (Å²) >= 11 is 0. The molecule has 1 aromatic rings. The molecule has 0 unspecified atom stereocenters. The average molecular weight is 291 g/mol. The zero-order chi connectivity index (χ0) is 15.7. The third kappa shape index (κ3) is 6.56. The number of ether oxygens (including phenoxy) is 1. The number of carbonyl (C=O) groups is 1. The van der Waals surface area contributed by atoms with Gasteiger partial charge in [0.25, 0.3) is 0 Å². The number of rotatable bonds is 8. The molecular weight excluding hydrogens is 266 g/mol. The Labute approximate surface area is 126 Å². The molecule has 0 saturated carbocycles. The average Bonchev–Trinajstić information content (AvgIpc) is 2.45. The van der Waals surface area contributed by atoms with Gasteiger partial charge in [0.1, 0.15) is 5.60 Å². The second kappa shape index (κ2) is 8.60. The first-order chi connectivity index (χ1) is 9.95. The van der Waals surface area contributed by atoms with Crippen molar-refractivity contribution in [2.75, 3.05) is 6.61 Å². The van der Waals surface area contributed by atoms with Crippen LogP contribution in [0.5, 0.6) is 0 Å². The summed E-state index contributed by atoms with van der Waals surface area (Å²) in [5, 5.41) is 13.1. The Morgan fingerprint density at radius 1 is 1.43 bits per heavy atom. The minimum absolute atomic E-state index is 0.143. The van der Waals surface area contributed by atoms with E-state index in [1.165, 1.54) is 6.92 Å². The highest BCUT2D eigenvalue weighted by atomic mass is 16.5. The van der Waals surface area contributed by atoms with Crippen molar-refractivity contribution in [2.24, 2.45) is 0 Å². The van der Waals surface area contributed by atoms with E-state index < -0.39 is 5.60 Å². The standard InChI is InChI=1S/C17H25NO3/c1-4-16(18-14(2)19)17(3,20)11-8-12-21-13-15-9-6-5-7-10-15/h5-11,16,20H,4,12-13H2,1-3H3,(H,18,19)/b11-8+/t16-,17-/m1/s1. The lowest BCUT2D eigenvalue weighted by Crippen LogP contribution is -2.48. The summed E-state index contributed by atoms with van der Waals surface area (Å²) in [4.78, 5) is 11.1. The smallest absolute Gasteiger partial charge is 0.217 e. The minimum atomic E-state index is -1.09. The molecule has 0 bridgehead atoms. The zero-order valence-corrected chi connectivity index (χ0v) is 13.0. The molecule has 4 heteroatoms. The van der Waals surface area contributed by atoms with Gasteiger partial charge in [0, 0.05) is 6.92 Å². The van der Waals surface area contributed by atoms with Crippen LogP contribution >= 0.6 is 0 Å².